The van der Waals surface area contributed by atoms with E-state index < -0.39 is 0 Å². The molecule has 0 atom stereocenters. The van der Waals surface area contributed by atoms with Crippen molar-refractivity contribution in [1.29, 1.82) is 0 Å². The Kier molecular flexibility index (Phi) is 5.56. The molecule has 1 rings (SSSR count). The number of hydrogen-bond acceptors (Lipinski definition) is 3. The van der Waals surface area contributed by atoms with Gasteiger partial charge < -0.3 is 10.4 Å². The monoisotopic (exact) mass is 295 g/mol. The molecule has 0 bridgehead atoms. The highest BCUT2D eigenvalue weighted by Crippen LogP contribution is 2.26. The van der Waals surface area contributed by atoms with E-state index in [1.165, 1.54) is 0 Å². The zero-order chi connectivity index (χ0) is 16.3. The van der Waals surface area contributed by atoms with Gasteiger partial charge in [-0.1, -0.05) is 34.6 Å². The second kappa shape index (κ2) is 6.60. The molecule has 0 radical (unpaired) electrons. The molecule has 0 saturated heterocycles. The molecule has 2 N–H and O–H groups in total. The zero-order valence-electron chi connectivity index (χ0n) is 14.2. The van der Waals surface area contributed by atoms with Crippen molar-refractivity contribution in [1.82, 2.24) is 15.1 Å². The van der Waals surface area contributed by atoms with E-state index >= 15 is 0 Å². The first-order valence-electron chi connectivity index (χ1n) is 7.62. The fraction of sp³-hybridized carbons (Fsp3) is 0.750. The predicted molar refractivity (Wildman–Crippen MR) is 84.3 cm³/mol. The Bertz CT molecular complexity index is 474. The minimum absolute atomic E-state index is 0.0828. The zero-order valence-corrected chi connectivity index (χ0v) is 14.2. The topological polar surface area (TPSA) is 67.2 Å². The van der Waals surface area contributed by atoms with Gasteiger partial charge in [-0.3, -0.25) is 9.48 Å². The number of rotatable bonds is 6. The van der Waals surface area contributed by atoms with Crippen LogP contribution in [-0.4, -0.2) is 33.9 Å². The van der Waals surface area contributed by atoms with Gasteiger partial charge in [0.2, 0.25) is 0 Å². The molecular formula is C16H29N3O2. The van der Waals surface area contributed by atoms with Crippen LogP contribution in [0.25, 0.3) is 0 Å². The van der Waals surface area contributed by atoms with Crippen molar-refractivity contribution in [3.63, 3.8) is 0 Å². The van der Waals surface area contributed by atoms with E-state index in [-0.39, 0.29) is 23.3 Å². The van der Waals surface area contributed by atoms with E-state index in [2.05, 4.69) is 10.4 Å². The number of nitrogens with one attached hydrogen (secondary N) is 1. The van der Waals surface area contributed by atoms with E-state index in [9.17, 15) is 9.90 Å². The molecule has 0 saturated carbocycles. The molecule has 0 aliphatic carbocycles. The molecule has 0 fully saturated rings. The lowest BCUT2D eigenvalue weighted by Crippen LogP contribution is -2.39. The van der Waals surface area contributed by atoms with Crippen LogP contribution in [0.3, 0.4) is 0 Å². The van der Waals surface area contributed by atoms with Crippen LogP contribution >= 0.6 is 0 Å². The number of aryl methyl sites for hydroxylation is 1. The lowest BCUT2D eigenvalue weighted by molar-refractivity contribution is 0.0849. The Morgan fingerprint density at radius 3 is 2.33 bits per heavy atom. The summed E-state index contributed by atoms with van der Waals surface area (Å²) in [7, 11) is 1.82. The van der Waals surface area contributed by atoms with Gasteiger partial charge >= 0.3 is 0 Å². The van der Waals surface area contributed by atoms with Gasteiger partial charge in [-0.05, 0) is 12.8 Å². The fourth-order valence-electron chi connectivity index (χ4n) is 2.35. The summed E-state index contributed by atoms with van der Waals surface area (Å²) in [6.45, 7) is 10.8. The van der Waals surface area contributed by atoms with Crippen LogP contribution in [0.1, 0.15) is 63.5 Å². The van der Waals surface area contributed by atoms with Gasteiger partial charge in [-0.25, -0.2) is 0 Å². The Balaban J connectivity index is 2.91. The summed E-state index contributed by atoms with van der Waals surface area (Å²) in [4.78, 5) is 12.5. The van der Waals surface area contributed by atoms with Crippen LogP contribution in [0, 0.1) is 5.41 Å². The van der Waals surface area contributed by atoms with Crippen LogP contribution in [0.4, 0.5) is 0 Å². The first-order chi connectivity index (χ1) is 9.69. The molecule has 1 aromatic heterocycles. The molecule has 0 unspecified atom stereocenters. The molecule has 1 heterocycles. The Hall–Kier alpha value is -1.36. The maximum absolute atomic E-state index is 12.5. The summed E-state index contributed by atoms with van der Waals surface area (Å²) in [5.41, 5.74) is 0.992. The molecule has 21 heavy (non-hydrogen) atoms. The first kappa shape index (κ1) is 17.7. The quantitative estimate of drug-likeness (QED) is 0.846. The van der Waals surface area contributed by atoms with Gasteiger partial charge in [-0.2, -0.15) is 5.10 Å². The lowest BCUT2D eigenvalue weighted by Gasteiger charge is -2.29. The molecule has 5 heteroatoms. The van der Waals surface area contributed by atoms with Gasteiger partial charge in [-0.15, -0.1) is 0 Å². The van der Waals surface area contributed by atoms with Crippen molar-refractivity contribution in [2.45, 2.75) is 52.9 Å². The highest BCUT2D eigenvalue weighted by atomic mass is 16.3. The van der Waals surface area contributed by atoms with E-state index in [1.54, 1.807) is 10.9 Å². The average Bonchev–Trinajstić information content (AvgIpc) is 2.83. The summed E-state index contributed by atoms with van der Waals surface area (Å²) >= 11 is 0. The fourth-order valence-corrected chi connectivity index (χ4v) is 2.35. The SMILES string of the molecule is CCC(CC)(CO)CNC(=O)c1cn(C)nc1C(C)(C)C. The number of carbonyl (C=O) groups is 1. The first-order valence-corrected chi connectivity index (χ1v) is 7.62. The van der Waals surface area contributed by atoms with E-state index in [0.29, 0.717) is 12.1 Å². The number of nitrogens with zero attached hydrogens (tertiary/aromatic N) is 2. The molecule has 0 aliphatic heterocycles. The number of amides is 1. The number of aliphatic hydroxyl groups is 1. The summed E-state index contributed by atoms with van der Waals surface area (Å²) < 4.78 is 1.68. The Morgan fingerprint density at radius 2 is 1.90 bits per heavy atom. The van der Waals surface area contributed by atoms with Crippen molar-refractivity contribution in [3.05, 3.63) is 17.5 Å². The summed E-state index contributed by atoms with van der Waals surface area (Å²) in [5.74, 6) is -0.118. The summed E-state index contributed by atoms with van der Waals surface area (Å²) in [5, 5.41) is 17.0. The minimum atomic E-state index is -0.236. The second-order valence-electron chi connectivity index (χ2n) is 6.86. The van der Waals surface area contributed by atoms with Gasteiger partial charge in [0, 0.05) is 30.6 Å². The highest BCUT2D eigenvalue weighted by Gasteiger charge is 2.29. The number of aliphatic hydroxyl groups excluding tert-OH is 1. The van der Waals surface area contributed by atoms with Crippen molar-refractivity contribution in [2.24, 2.45) is 12.5 Å². The Morgan fingerprint density at radius 1 is 1.33 bits per heavy atom. The third-order valence-corrected chi connectivity index (χ3v) is 4.24. The lowest BCUT2D eigenvalue weighted by atomic mass is 9.83. The minimum Gasteiger partial charge on any atom is -0.396 e. The maximum atomic E-state index is 12.5. The maximum Gasteiger partial charge on any atom is 0.254 e. The molecule has 0 spiro atoms. The van der Waals surface area contributed by atoms with E-state index in [1.807, 2.05) is 41.7 Å². The third-order valence-electron chi connectivity index (χ3n) is 4.24. The molecule has 120 valence electrons. The van der Waals surface area contributed by atoms with Gasteiger partial charge in [0.1, 0.15) is 0 Å². The smallest absolute Gasteiger partial charge is 0.254 e. The molecule has 1 aromatic rings. The highest BCUT2D eigenvalue weighted by molar-refractivity contribution is 5.95. The molecule has 5 nitrogen and oxygen atoms in total. The number of aromatic nitrogens is 2. The largest absolute Gasteiger partial charge is 0.396 e. The number of carbonyl (C=O) groups excluding carboxylic acids is 1. The van der Waals surface area contributed by atoms with Gasteiger partial charge in [0.05, 0.1) is 17.9 Å². The van der Waals surface area contributed by atoms with Crippen LogP contribution in [0.15, 0.2) is 6.20 Å². The van der Waals surface area contributed by atoms with Crippen LogP contribution < -0.4 is 5.32 Å². The average molecular weight is 295 g/mol. The normalized spacial score (nSPS) is 12.5. The van der Waals surface area contributed by atoms with Crippen molar-refractivity contribution in [2.75, 3.05) is 13.2 Å². The van der Waals surface area contributed by atoms with Crippen LogP contribution in [0.2, 0.25) is 0 Å². The van der Waals surface area contributed by atoms with Crippen LogP contribution in [0.5, 0.6) is 0 Å². The molecule has 1 amide bonds. The molecule has 0 aromatic carbocycles. The predicted octanol–water partition coefficient (Wildman–Crippen LogP) is 2.25. The standard InChI is InChI=1S/C16H29N3O2/c1-7-16(8-2,11-20)10-17-14(21)12-9-19(6)18-13(12)15(3,4)5/h9,20H,7-8,10-11H2,1-6H3,(H,17,21). The Labute approximate surface area is 127 Å². The van der Waals surface area contributed by atoms with E-state index in [4.69, 9.17) is 0 Å². The van der Waals surface area contributed by atoms with Crippen molar-refractivity contribution in [3.8, 4) is 0 Å². The number of hydrogen-bond donors (Lipinski definition) is 2. The summed E-state index contributed by atoms with van der Waals surface area (Å²) in [6, 6.07) is 0. The van der Waals surface area contributed by atoms with E-state index in [0.717, 1.165) is 18.5 Å². The van der Waals surface area contributed by atoms with Gasteiger partial charge in [0.25, 0.3) is 5.91 Å². The van der Waals surface area contributed by atoms with Crippen molar-refractivity contribution >= 4 is 5.91 Å². The molecular weight excluding hydrogens is 266 g/mol. The van der Waals surface area contributed by atoms with Crippen LogP contribution in [-0.2, 0) is 12.5 Å². The van der Waals surface area contributed by atoms with Gasteiger partial charge in [0.15, 0.2) is 0 Å². The third kappa shape index (κ3) is 4.06. The second-order valence-corrected chi connectivity index (χ2v) is 6.86. The van der Waals surface area contributed by atoms with Crippen molar-refractivity contribution < 1.29 is 9.90 Å². The molecule has 0 aliphatic rings. The summed E-state index contributed by atoms with van der Waals surface area (Å²) in [6.07, 6.45) is 3.42.